The van der Waals surface area contributed by atoms with Gasteiger partial charge < -0.3 is 5.32 Å². The van der Waals surface area contributed by atoms with Crippen LogP contribution in [0.4, 0.5) is 5.69 Å². The third kappa shape index (κ3) is 3.27. The molecule has 0 saturated heterocycles. The predicted molar refractivity (Wildman–Crippen MR) is 86.3 cm³/mol. The van der Waals surface area contributed by atoms with Crippen LogP contribution in [-0.4, -0.2) is 26.6 Å². The molecule has 1 aromatic carbocycles. The highest BCUT2D eigenvalue weighted by atomic mass is 32.2. The molecule has 2 aliphatic rings. The van der Waals surface area contributed by atoms with Crippen LogP contribution in [0.5, 0.6) is 0 Å². The molecule has 22 heavy (non-hydrogen) atoms. The van der Waals surface area contributed by atoms with E-state index in [4.69, 9.17) is 0 Å². The number of carbonyl (C=O) groups is 1. The van der Waals surface area contributed by atoms with E-state index in [1.807, 2.05) is 6.92 Å². The molecule has 0 aromatic heterocycles. The maximum absolute atomic E-state index is 12.4. The molecule has 2 N–H and O–H groups in total. The number of fused-ring (bicyclic) bond motifs is 2. The molecule has 6 heteroatoms. The maximum atomic E-state index is 12.4. The number of hydrogen-bond donors (Lipinski definition) is 2. The number of sulfonamides is 1. The molecule has 0 heterocycles. The molecular formula is C16H22N2O3S. The first-order chi connectivity index (χ1) is 10.3. The van der Waals surface area contributed by atoms with E-state index in [-0.39, 0.29) is 11.9 Å². The molecule has 0 aliphatic heterocycles. The molecule has 5 nitrogen and oxygen atoms in total. The van der Waals surface area contributed by atoms with Gasteiger partial charge in [-0.1, -0.05) is 12.5 Å². The van der Waals surface area contributed by atoms with Crippen molar-refractivity contribution >= 4 is 21.6 Å². The van der Waals surface area contributed by atoms with Crippen molar-refractivity contribution in [2.45, 2.75) is 38.6 Å². The average molecular weight is 322 g/mol. The Labute approximate surface area is 131 Å². The van der Waals surface area contributed by atoms with Crippen molar-refractivity contribution in [2.75, 3.05) is 11.0 Å². The minimum Gasteiger partial charge on any atom is -0.349 e. The Bertz CT molecular complexity index is 699. The Morgan fingerprint density at radius 2 is 2.00 bits per heavy atom. The molecule has 1 amide bonds. The summed E-state index contributed by atoms with van der Waals surface area (Å²) in [5.41, 5.74) is 1.75. The van der Waals surface area contributed by atoms with E-state index in [0.29, 0.717) is 17.2 Å². The average Bonchev–Trinajstić information content (AvgIpc) is 3.02. The van der Waals surface area contributed by atoms with Crippen LogP contribution in [0.3, 0.4) is 0 Å². The van der Waals surface area contributed by atoms with Crippen LogP contribution in [0, 0.1) is 18.8 Å². The molecule has 2 saturated carbocycles. The van der Waals surface area contributed by atoms with E-state index in [2.05, 4.69) is 10.0 Å². The van der Waals surface area contributed by atoms with Crippen LogP contribution < -0.4 is 10.0 Å². The zero-order valence-electron chi connectivity index (χ0n) is 12.9. The summed E-state index contributed by atoms with van der Waals surface area (Å²) in [5.74, 6) is 1.28. The minimum atomic E-state index is -3.35. The van der Waals surface area contributed by atoms with Crippen molar-refractivity contribution < 1.29 is 13.2 Å². The fourth-order valence-electron chi connectivity index (χ4n) is 3.75. The van der Waals surface area contributed by atoms with Gasteiger partial charge in [-0.3, -0.25) is 9.52 Å². The highest BCUT2D eigenvalue weighted by Gasteiger charge is 2.40. The minimum absolute atomic E-state index is 0.117. The lowest BCUT2D eigenvalue weighted by Gasteiger charge is -2.23. The van der Waals surface area contributed by atoms with Crippen molar-refractivity contribution in [3.05, 3.63) is 29.3 Å². The van der Waals surface area contributed by atoms with Crippen LogP contribution in [0.1, 0.15) is 41.6 Å². The molecule has 2 aliphatic carbocycles. The van der Waals surface area contributed by atoms with Crippen LogP contribution in [-0.2, 0) is 10.0 Å². The molecule has 3 rings (SSSR count). The fourth-order valence-corrected chi connectivity index (χ4v) is 4.37. The van der Waals surface area contributed by atoms with Gasteiger partial charge in [-0.05, 0) is 55.7 Å². The Kier molecular flexibility index (Phi) is 3.89. The molecule has 0 spiro atoms. The third-order valence-corrected chi connectivity index (χ3v) is 5.44. The summed E-state index contributed by atoms with van der Waals surface area (Å²) in [6.45, 7) is 1.81. The largest absolute Gasteiger partial charge is 0.349 e. The summed E-state index contributed by atoms with van der Waals surface area (Å²) in [6.07, 6.45) is 5.93. The third-order valence-electron chi connectivity index (χ3n) is 4.85. The number of nitrogens with one attached hydrogen (secondary N) is 2. The molecule has 2 fully saturated rings. The normalized spacial score (nSPS) is 26.9. The van der Waals surface area contributed by atoms with Crippen molar-refractivity contribution in [1.82, 2.24) is 5.32 Å². The topological polar surface area (TPSA) is 75.3 Å². The summed E-state index contributed by atoms with van der Waals surface area (Å²) >= 11 is 0. The number of hydrogen-bond acceptors (Lipinski definition) is 3. The highest BCUT2D eigenvalue weighted by molar-refractivity contribution is 7.92. The fraction of sp³-hybridized carbons (Fsp3) is 0.562. The van der Waals surface area contributed by atoms with Crippen LogP contribution in [0.15, 0.2) is 18.2 Å². The second-order valence-electron chi connectivity index (χ2n) is 6.66. The van der Waals surface area contributed by atoms with Gasteiger partial charge in [0.25, 0.3) is 5.91 Å². The van der Waals surface area contributed by atoms with Gasteiger partial charge >= 0.3 is 0 Å². The molecule has 120 valence electrons. The Morgan fingerprint density at radius 1 is 1.23 bits per heavy atom. The van der Waals surface area contributed by atoms with Gasteiger partial charge in [0.05, 0.1) is 11.9 Å². The molecule has 3 unspecified atom stereocenters. The first-order valence-corrected chi connectivity index (χ1v) is 9.60. The second-order valence-corrected chi connectivity index (χ2v) is 8.41. The van der Waals surface area contributed by atoms with E-state index in [9.17, 15) is 13.2 Å². The highest BCUT2D eigenvalue weighted by Crippen LogP contribution is 2.44. The standard InChI is InChI=1S/C16H22N2O3S/c1-10-3-5-13(9-14(10)18-22(2,20)21)16(19)17-15-8-11-4-6-12(15)7-11/h3,5,9,11-12,15,18H,4,6-8H2,1-2H3,(H,17,19). The number of amides is 1. The van der Waals surface area contributed by atoms with Crippen molar-refractivity contribution in [2.24, 2.45) is 11.8 Å². The lowest BCUT2D eigenvalue weighted by Crippen LogP contribution is -2.38. The first-order valence-electron chi connectivity index (χ1n) is 7.71. The van der Waals surface area contributed by atoms with Gasteiger partial charge in [0, 0.05) is 11.6 Å². The monoisotopic (exact) mass is 322 g/mol. The summed E-state index contributed by atoms with van der Waals surface area (Å²) in [7, 11) is -3.35. The van der Waals surface area contributed by atoms with Crippen LogP contribution >= 0.6 is 0 Å². The number of anilines is 1. The summed E-state index contributed by atoms with van der Waals surface area (Å²) in [6, 6.07) is 5.40. The van der Waals surface area contributed by atoms with Gasteiger partial charge in [-0.15, -0.1) is 0 Å². The number of carbonyl (C=O) groups excluding carboxylic acids is 1. The lowest BCUT2D eigenvalue weighted by atomic mass is 9.95. The Hall–Kier alpha value is -1.56. The van der Waals surface area contributed by atoms with E-state index in [1.54, 1.807) is 18.2 Å². The first kappa shape index (κ1) is 15.3. The Morgan fingerprint density at radius 3 is 2.59 bits per heavy atom. The van der Waals surface area contributed by atoms with Gasteiger partial charge in [0.2, 0.25) is 10.0 Å². The van der Waals surface area contributed by atoms with E-state index < -0.39 is 10.0 Å². The smallest absolute Gasteiger partial charge is 0.251 e. The quantitative estimate of drug-likeness (QED) is 0.893. The predicted octanol–water partition coefficient (Wildman–Crippen LogP) is 2.28. The Balaban J connectivity index is 1.74. The SMILES string of the molecule is Cc1ccc(C(=O)NC2CC3CCC2C3)cc1NS(C)(=O)=O. The number of benzene rings is 1. The van der Waals surface area contributed by atoms with Gasteiger partial charge in [-0.2, -0.15) is 0 Å². The zero-order chi connectivity index (χ0) is 15.9. The maximum Gasteiger partial charge on any atom is 0.251 e. The van der Waals surface area contributed by atoms with E-state index in [1.165, 1.54) is 19.3 Å². The molecule has 0 radical (unpaired) electrons. The summed E-state index contributed by atoms with van der Waals surface area (Å²) in [5, 5.41) is 3.12. The van der Waals surface area contributed by atoms with Gasteiger partial charge in [-0.25, -0.2) is 8.42 Å². The number of aryl methyl sites for hydroxylation is 1. The van der Waals surface area contributed by atoms with Crippen molar-refractivity contribution in [3.8, 4) is 0 Å². The van der Waals surface area contributed by atoms with Crippen molar-refractivity contribution in [3.63, 3.8) is 0 Å². The summed E-state index contributed by atoms with van der Waals surface area (Å²) < 4.78 is 25.2. The van der Waals surface area contributed by atoms with E-state index >= 15 is 0 Å². The lowest BCUT2D eigenvalue weighted by molar-refractivity contribution is 0.0923. The second kappa shape index (κ2) is 5.57. The zero-order valence-corrected chi connectivity index (χ0v) is 13.7. The van der Waals surface area contributed by atoms with Gasteiger partial charge in [0.15, 0.2) is 0 Å². The van der Waals surface area contributed by atoms with E-state index in [0.717, 1.165) is 24.2 Å². The summed E-state index contributed by atoms with van der Waals surface area (Å²) in [4.78, 5) is 12.4. The van der Waals surface area contributed by atoms with Crippen LogP contribution in [0.2, 0.25) is 0 Å². The van der Waals surface area contributed by atoms with Crippen molar-refractivity contribution in [1.29, 1.82) is 0 Å². The van der Waals surface area contributed by atoms with Crippen LogP contribution in [0.25, 0.3) is 0 Å². The molecule has 3 atom stereocenters. The molecule has 1 aromatic rings. The molecule has 2 bridgehead atoms. The molecular weight excluding hydrogens is 300 g/mol. The number of rotatable bonds is 4. The van der Waals surface area contributed by atoms with Gasteiger partial charge in [0.1, 0.15) is 0 Å².